The van der Waals surface area contributed by atoms with Crippen molar-refractivity contribution in [2.24, 2.45) is 0 Å². The summed E-state index contributed by atoms with van der Waals surface area (Å²) in [5, 5.41) is 8.28. The van der Waals surface area contributed by atoms with E-state index in [2.05, 4.69) is 10.2 Å². The first kappa shape index (κ1) is 19.5. The molecule has 140 valence electrons. The number of carbonyl (C=O) groups excluding carboxylic acids is 1. The van der Waals surface area contributed by atoms with Crippen molar-refractivity contribution < 1.29 is 14.3 Å². The standard InChI is InChI=1S/C17H21N3O3S3/c1-12(15(21)20-7-9-23-10-8-20)25-17-19-18-16(26-17)24-11-13-3-5-14(22-2)6-4-13/h3-6,12H,7-11H2,1-2H3/t12-/m0/s1. The van der Waals surface area contributed by atoms with E-state index in [0.29, 0.717) is 26.3 Å². The maximum Gasteiger partial charge on any atom is 0.236 e. The summed E-state index contributed by atoms with van der Waals surface area (Å²) in [6.45, 7) is 4.50. The van der Waals surface area contributed by atoms with E-state index in [9.17, 15) is 4.79 Å². The number of aromatic nitrogens is 2. The minimum atomic E-state index is -0.166. The molecule has 0 bridgehead atoms. The molecule has 2 heterocycles. The van der Waals surface area contributed by atoms with Crippen LogP contribution in [-0.2, 0) is 15.3 Å². The molecule has 1 aliphatic heterocycles. The number of methoxy groups -OCH3 is 1. The molecule has 1 saturated heterocycles. The smallest absolute Gasteiger partial charge is 0.236 e. The van der Waals surface area contributed by atoms with Crippen LogP contribution < -0.4 is 4.74 Å². The lowest BCUT2D eigenvalue weighted by Crippen LogP contribution is -2.44. The molecule has 2 aromatic rings. The first-order chi connectivity index (χ1) is 12.7. The summed E-state index contributed by atoms with van der Waals surface area (Å²) in [5.41, 5.74) is 1.20. The van der Waals surface area contributed by atoms with Crippen molar-refractivity contribution in [2.45, 2.75) is 26.6 Å². The van der Waals surface area contributed by atoms with Gasteiger partial charge in [-0.25, -0.2) is 0 Å². The van der Waals surface area contributed by atoms with Gasteiger partial charge in [0.2, 0.25) is 5.91 Å². The van der Waals surface area contributed by atoms with E-state index in [1.165, 1.54) is 28.7 Å². The summed E-state index contributed by atoms with van der Waals surface area (Å²) >= 11 is 4.66. The molecule has 1 aromatic carbocycles. The van der Waals surface area contributed by atoms with Crippen molar-refractivity contribution in [3.05, 3.63) is 29.8 Å². The van der Waals surface area contributed by atoms with E-state index >= 15 is 0 Å². The molecule has 3 rings (SSSR count). The van der Waals surface area contributed by atoms with E-state index in [-0.39, 0.29) is 11.2 Å². The third-order valence-corrected chi connectivity index (χ3v) is 7.16. The lowest BCUT2D eigenvalue weighted by atomic mass is 10.2. The van der Waals surface area contributed by atoms with E-state index in [0.717, 1.165) is 20.2 Å². The molecule has 0 spiro atoms. The molecular weight excluding hydrogens is 390 g/mol. The average molecular weight is 412 g/mol. The van der Waals surface area contributed by atoms with Gasteiger partial charge in [0.25, 0.3) is 0 Å². The SMILES string of the molecule is COc1ccc(CSc2nnc(S[C@@H](C)C(=O)N3CCOCC3)s2)cc1. The molecular formula is C17H21N3O3S3. The molecule has 1 aromatic heterocycles. The van der Waals surface area contributed by atoms with Crippen LogP contribution in [0.25, 0.3) is 0 Å². The van der Waals surface area contributed by atoms with Gasteiger partial charge in [-0.1, -0.05) is 47.0 Å². The fraction of sp³-hybridized carbons (Fsp3) is 0.471. The third-order valence-electron chi connectivity index (χ3n) is 3.86. The zero-order valence-corrected chi connectivity index (χ0v) is 17.2. The summed E-state index contributed by atoms with van der Waals surface area (Å²) < 4.78 is 12.2. The van der Waals surface area contributed by atoms with Gasteiger partial charge in [-0.15, -0.1) is 10.2 Å². The quantitative estimate of drug-likeness (QED) is 0.648. The van der Waals surface area contributed by atoms with Crippen molar-refractivity contribution in [3.63, 3.8) is 0 Å². The van der Waals surface area contributed by atoms with Crippen molar-refractivity contribution in [2.75, 3.05) is 33.4 Å². The fourth-order valence-electron chi connectivity index (χ4n) is 2.41. The maximum atomic E-state index is 12.5. The Labute approximate surface area is 165 Å². The molecule has 0 saturated carbocycles. The largest absolute Gasteiger partial charge is 0.497 e. The van der Waals surface area contributed by atoms with Gasteiger partial charge in [0, 0.05) is 18.8 Å². The Morgan fingerprint density at radius 1 is 1.27 bits per heavy atom. The van der Waals surface area contributed by atoms with Crippen LogP contribution in [0.2, 0.25) is 0 Å². The van der Waals surface area contributed by atoms with Crippen LogP contribution in [-0.4, -0.2) is 59.7 Å². The number of morpholine rings is 1. The van der Waals surface area contributed by atoms with Crippen LogP contribution in [0.1, 0.15) is 12.5 Å². The Hall–Kier alpha value is -1.29. The Morgan fingerprint density at radius 3 is 2.65 bits per heavy atom. The first-order valence-corrected chi connectivity index (χ1v) is 11.0. The van der Waals surface area contributed by atoms with Crippen molar-refractivity contribution in [1.29, 1.82) is 0 Å². The average Bonchev–Trinajstić information content (AvgIpc) is 3.14. The first-order valence-electron chi connectivity index (χ1n) is 8.28. The summed E-state index contributed by atoms with van der Waals surface area (Å²) in [6, 6.07) is 8.00. The Kier molecular flexibility index (Phi) is 7.18. The number of rotatable bonds is 7. The molecule has 0 N–H and O–H groups in total. The molecule has 0 unspecified atom stereocenters. The monoisotopic (exact) mass is 411 g/mol. The molecule has 0 radical (unpaired) electrons. The Balaban J connectivity index is 1.49. The number of amides is 1. The van der Waals surface area contributed by atoms with E-state index in [1.807, 2.05) is 36.1 Å². The van der Waals surface area contributed by atoms with Gasteiger partial charge in [-0.05, 0) is 24.6 Å². The molecule has 1 atom stereocenters. The van der Waals surface area contributed by atoms with Gasteiger partial charge in [0.15, 0.2) is 8.68 Å². The molecule has 26 heavy (non-hydrogen) atoms. The second-order valence-corrected chi connectivity index (χ2v) is 9.46. The van der Waals surface area contributed by atoms with Gasteiger partial charge in [0.1, 0.15) is 5.75 Å². The summed E-state index contributed by atoms with van der Waals surface area (Å²) in [6.07, 6.45) is 0. The third kappa shape index (κ3) is 5.35. The van der Waals surface area contributed by atoms with Crippen LogP contribution in [0.15, 0.2) is 32.9 Å². The van der Waals surface area contributed by atoms with Gasteiger partial charge in [0.05, 0.1) is 25.6 Å². The molecule has 0 aliphatic carbocycles. The summed E-state index contributed by atoms with van der Waals surface area (Å²) in [7, 11) is 1.66. The highest BCUT2D eigenvalue weighted by Gasteiger charge is 2.24. The molecule has 9 heteroatoms. The normalized spacial score (nSPS) is 15.7. The number of hydrogen-bond acceptors (Lipinski definition) is 8. The van der Waals surface area contributed by atoms with Crippen LogP contribution >= 0.6 is 34.9 Å². The maximum absolute atomic E-state index is 12.5. The van der Waals surface area contributed by atoms with Crippen LogP contribution in [0, 0.1) is 0 Å². The molecule has 1 fully saturated rings. The van der Waals surface area contributed by atoms with Crippen LogP contribution in [0.4, 0.5) is 0 Å². The van der Waals surface area contributed by atoms with Gasteiger partial charge in [-0.2, -0.15) is 0 Å². The van der Waals surface area contributed by atoms with E-state index in [1.54, 1.807) is 18.9 Å². The number of nitrogens with zero attached hydrogens (tertiary/aromatic N) is 3. The minimum absolute atomic E-state index is 0.140. The number of thioether (sulfide) groups is 2. The summed E-state index contributed by atoms with van der Waals surface area (Å²) in [5.74, 6) is 1.82. The zero-order chi connectivity index (χ0) is 18.4. The topological polar surface area (TPSA) is 64.6 Å². The Morgan fingerprint density at radius 2 is 1.96 bits per heavy atom. The lowest BCUT2D eigenvalue weighted by Gasteiger charge is -2.28. The highest BCUT2D eigenvalue weighted by atomic mass is 32.2. The van der Waals surface area contributed by atoms with Crippen molar-refractivity contribution in [1.82, 2.24) is 15.1 Å². The van der Waals surface area contributed by atoms with Crippen LogP contribution in [0.3, 0.4) is 0 Å². The van der Waals surface area contributed by atoms with Gasteiger partial charge in [-0.3, -0.25) is 4.79 Å². The predicted molar refractivity (Wildman–Crippen MR) is 105 cm³/mol. The predicted octanol–water partition coefficient (Wildman–Crippen LogP) is 3.18. The molecule has 6 nitrogen and oxygen atoms in total. The second kappa shape index (κ2) is 9.59. The lowest BCUT2D eigenvalue weighted by molar-refractivity contribution is -0.134. The highest BCUT2D eigenvalue weighted by molar-refractivity contribution is 8.03. The molecule has 1 amide bonds. The molecule has 1 aliphatic rings. The Bertz CT molecular complexity index is 718. The number of ether oxygens (including phenoxy) is 2. The van der Waals surface area contributed by atoms with E-state index in [4.69, 9.17) is 9.47 Å². The van der Waals surface area contributed by atoms with E-state index < -0.39 is 0 Å². The second-order valence-electron chi connectivity index (χ2n) is 5.67. The van der Waals surface area contributed by atoms with Crippen LogP contribution in [0.5, 0.6) is 5.75 Å². The number of hydrogen-bond donors (Lipinski definition) is 0. The minimum Gasteiger partial charge on any atom is -0.497 e. The van der Waals surface area contributed by atoms with Crippen molar-refractivity contribution >= 4 is 40.8 Å². The highest BCUT2D eigenvalue weighted by Crippen LogP contribution is 2.33. The summed E-state index contributed by atoms with van der Waals surface area (Å²) in [4.78, 5) is 14.3. The van der Waals surface area contributed by atoms with Crippen molar-refractivity contribution in [3.8, 4) is 5.75 Å². The number of carbonyl (C=O) groups is 1. The number of benzene rings is 1. The van der Waals surface area contributed by atoms with Gasteiger partial charge < -0.3 is 14.4 Å². The van der Waals surface area contributed by atoms with Gasteiger partial charge >= 0.3 is 0 Å². The zero-order valence-electron chi connectivity index (χ0n) is 14.7. The fourth-order valence-corrected chi connectivity index (χ4v) is 5.62.